The van der Waals surface area contributed by atoms with E-state index >= 15 is 0 Å². The highest BCUT2D eigenvalue weighted by Crippen LogP contribution is 2.44. The molecule has 0 aliphatic carbocycles. The second kappa shape index (κ2) is 9.00. The molecule has 1 amide bonds. The molecule has 1 unspecified atom stereocenters. The lowest BCUT2D eigenvalue weighted by atomic mass is 9.97. The molecule has 0 spiro atoms. The lowest BCUT2D eigenvalue weighted by molar-refractivity contribution is 0.0971. The standard InChI is InChI=1S/C27H22ClNO6/c1-4-34-21-10-8-15(12-22(21)33-3)24-23-25(30)19-13-16(28)9-11-20(19)35-26(23)27(31)29(24)17-6-5-7-18(14-17)32-2/h5-14,24H,4H2,1-3H3. The summed E-state index contributed by atoms with van der Waals surface area (Å²) in [5.41, 5.74) is 1.43. The monoisotopic (exact) mass is 491 g/mol. The molecule has 0 radical (unpaired) electrons. The number of amides is 1. The van der Waals surface area contributed by atoms with E-state index in [0.717, 1.165) is 0 Å². The Labute approximate surface area is 206 Å². The van der Waals surface area contributed by atoms with Crippen molar-refractivity contribution in [2.24, 2.45) is 0 Å². The van der Waals surface area contributed by atoms with Crippen molar-refractivity contribution >= 4 is 34.2 Å². The minimum absolute atomic E-state index is 0.00880. The third-order valence-corrected chi connectivity index (χ3v) is 6.20. The molecule has 5 rings (SSSR count). The van der Waals surface area contributed by atoms with Gasteiger partial charge in [0.05, 0.1) is 37.8 Å². The first-order chi connectivity index (χ1) is 17.0. The van der Waals surface area contributed by atoms with Gasteiger partial charge in [-0.1, -0.05) is 23.7 Å². The number of benzene rings is 3. The number of hydrogen-bond acceptors (Lipinski definition) is 6. The van der Waals surface area contributed by atoms with Crippen LogP contribution in [0.4, 0.5) is 5.69 Å². The first-order valence-corrected chi connectivity index (χ1v) is 11.4. The topological polar surface area (TPSA) is 78.2 Å². The van der Waals surface area contributed by atoms with Gasteiger partial charge in [-0.15, -0.1) is 0 Å². The van der Waals surface area contributed by atoms with Crippen LogP contribution in [0.25, 0.3) is 11.0 Å². The zero-order chi connectivity index (χ0) is 24.7. The van der Waals surface area contributed by atoms with Crippen molar-refractivity contribution in [2.45, 2.75) is 13.0 Å². The van der Waals surface area contributed by atoms with Crippen molar-refractivity contribution in [3.63, 3.8) is 0 Å². The average molecular weight is 492 g/mol. The number of rotatable bonds is 6. The number of carbonyl (C=O) groups is 1. The first-order valence-electron chi connectivity index (χ1n) is 11.0. The van der Waals surface area contributed by atoms with Crippen molar-refractivity contribution in [3.8, 4) is 17.2 Å². The van der Waals surface area contributed by atoms with E-state index in [1.54, 1.807) is 68.8 Å². The minimum atomic E-state index is -0.770. The molecule has 2 heterocycles. The smallest absolute Gasteiger partial charge is 0.295 e. The van der Waals surface area contributed by atoms with Crippen LogP contribution in [0.1, 0.15) is 34.6 Å². The summed E-state index contributed by atoms with van der Waals surface area (Å²) in [4.78, 5) is 29.0. The largest absolute Gasteiger partial charge is 0.497 e. The van der Waals surface area contributed by atoms with Gasteiger partial charge in [-0.05, 0) is 55.0 Å². The second-order valence-electron chi connectivity index (χ2n) is 7.94. The molecule has 35 heavy (non-hydrogen) atoms. The average Bonchev–Trinajstić information content (AvgIpc) is 3.17. The number of halogens is 1. The summed E-state index contributed by atoms with van der Waals surface area (Å²) in [6.07, 6.45) is 0. The van der Waals surface area contributed by atoms with E-state index in [1.165, 1.54) is 4.90 Å². The molecular weight excluding hydrogens is 470 g/mol. The Morgan fingerprint density at radius 1 is 0.971 bits per heavy atom. The van der Waals surface area contributed by atoms with Gasteiger partial charge in [0.15, 0.2) is 16.9 Å². The van der Waals surface area contributed by atoms with Crippen LogP contribution in [-0.2, 0) is 0 Å². The molecule has 8 heteroatoms. The van der Waals surface area contributed by atoms with Crippen LogP contribution in [0, 0.1) is 0 Å². The van der Waals surface area contributed by atoms with Crippen LogP contribution >= 0.6 is 11.6 Å². The predicted octanol–water partition coefficient (Wildman–Crippen LogP) is 5.61. The number of fused-ring (bicyclic) bond motifs is 2. The highest BCUT2D eigenvalue weighted by Gasteiger charge is 2.44. The van der Waals surface area contributed by atoms with Gasteiger partial charge < -0.3 is 18.6 Å². The van der Waals surface area contributed by atoms with E-state index in [0.29, 0.717) is 51.1 Å². The highest BCUT2D eigenvalue weighted by atomic mass is 35.5. The Hall–Kier alpha value is -3.97. The van der Waals surface area contributed by atoms with Crippen LogP contribution in [0.2, 0.25) is 5.02 Å². The molecule has 0 fully saturated rings. The maximum atomic E-state index is 13.7. The van der Waals surface area contributed by atoms with Crippen LogP contribution < -0.4 is 24.5 Å². The normalized spacial score (nSPS) is 14.8. The van der Waals surface area contributed by atoms with Crippen molar-refractivity contribution in [2.75, 3.05) is 25.7 Å². The quantitative estimate of drug-likeness (QED) is 0.349. The fourth-order valence-electron chi connectivity index (χ4n) is 4.42. The van der Waals surface area contributed by atoms with Gasteiger partial charge in [0.2, 0.25) is 5.76 Å². The summed E-state index contributed by atoms with van der Waals surface area (Å²) in [7, 11) is 3.09. The van der Waals surface area contributed by atoms with E-state index in [1.807, 2.05) is 13.0 Å². The van der Waals surface area contributed by atoms with Crippen LogP contribution in [0.15, 0.2) is 69.9 Å². The van der Waals surface area contributed by atoms with Crippen molar-refractivity contribution in [1.29, 1.82) is 0 Å². The summed E-state index contributed by atoms with van der Waals surface area (Å²) < 4.78 is 22.6. The van der Waals surface area contributed by atoms with E-state index < -0.39 is 11.9 Å². The Balaban J connectivity index is 1.79. The zero-order valence-corrected chi connectivity index (χ0v) is 20.1. The number of ether oxygens (including phenoxy) is 3. The maximum Gasteiger partial charge on any atom is 0.295 e. The number of nitrogens with zero attached hydrogens (tertiary/aromatic N) is 1. The molecule has 1 atom stereocenters. The van der Waals surface area contributed by atoms with E-state index in [-0.39, 0.29) is 16.8 Å². The summed E-state index contributed by atoms with van der Waals surface area (Å²) in [6.45, 7) is 2.35. The number of methoxy groups -OCH3 is 2. The molecular formula is C27H22ClNO6. The molecule has 0 saturated heterocycles. The Morgan fingerprint density at radius 3 is 2.54 bits per heavy atom. The Morgan fingerprint density at radius 2 is 1.80 bits per heavy atom. The summed E-state index contributed by atoms with van der Waals surface area (Å²) in [5.74, 6) is 1.19. The van der Waals surface area contributed by atoms with Gasteiger partial charge in [-0.2, -0.15) is 0 Å². The first kappa shape index (κ1) is 22.8. The molecule has 3 aromatic carbocycles. The molecule has 1 aliphatic rings. The van der Waals surface area contributed by atoms with Crippen molar-refractivity contribution in [3.05, 3.63) is 92.8 Å². The van der Waals surface area contributed by atoms with Gasteiger partial charge in [0.25, 0.3) is 5.91 Å². The number of anilines is 1. The molecule has 0 saturated carbocycles. The Bertz CT molecular complexity index is 1510. The third kappa shape index (κ3) is 3.78. The van der Waals surface area contributed by atoms with Crippen LogP contribution in [-0.4, -0.2) is 26.7 Å². The lowest BCUT2D eigenvalue weighted by Crippen LogP contribution is -2.29. The summed E-state index contributed by atoms with van der Waals surface area (Å²) in [5, 5.41) is 0.706. The molecule has 1 aromatic heterocycles. The van der Waals surface area contributed by atoms with Gasteiger partial charge >= 0.3 is 0 Å². The molecule has 0 N–H and O–H groups in total. The molecule has 4 aromatic rings. The van der Waals surface area contributed by atoms with E-state index in [2.05, 4.69) is 0 Å². The highest BCUT2D eigenvalue weighted by molar-refractivity contribution is 6.31. The van der Waals surface area contributed by atoms with Gasteiger partial charge in [-0.3, -0.25) is 14.5 Å². The predicted molar refractivity (Wildman–Crippen MR) is 133 cm³/mol. The SMILES string of the molecule is CCOc1ccc(C2c3c(oc4ccc(Cl)cc4c3=O)C(=O)N2c2cccc(OC)c2)cc1OC. The molecule has 0 bridgehead atoms. The lowest BCUT2D eigenvalue weighted by Gasteiger charge is -2.26. The summed E-state index contributed by atoms with van der Waals surface area (Å²) >= 11 is 6.17. The van der Waals surface area contributed by atoms with Gasteiger partial charge in [0, 0.05) is 16.8 Å². The number of hydrogen-bond donors (Lipinski definition) is 0. The zero-order valence-electron chi connectivity index (χ0n) is 19.3. The molecule has 178 valence electrons. The van der Waals surface area contributed by atoms with Gasteiger partial charge in [-0.25, -0.2) is 0 Å². The van der Waals surface area contributed by atoms with E-state index in [4.69, 9.17) is 30.2 Å². The fraction of sp³-hybridized carbons (Fsp3) is 0.185. The maximum absolute atomic E-state index is 13.7. The van der Waals surface area contributed by atoms with E-state index in [9.17, 15) is 9.59 Å². The third-order valence-electron chi connectivity index (χ3n) is 5.97. The molecule has 1 aliphatic heterocycles. The van der Waals surface area contributed by atoms with Crippen molar-refractivity contribution in [1.82, 2.24) is 0 Å². The van der Waals surface area contributed by atoms with Crippen LogP contribution in [0.3, 0.4) is 0 Å². The van der Waals surface area contributed by atoms with Crippen molar-refractivity contribution < 1.29 is 23.4 Å². The minimum Gasteiger partial charge on any atom is -0.497 e. The number of carbonyl (C=O) groups excluding carboxylic acids is 1. The van der Waals surface area contributed by atoms with Crippen LogP contribution in [0.5, 0.6) is 17.2 Å². The fourth-order valence-corrected chi connectivity index (χ4v) is 4.59. The summed E-state index contributed by atoms with van der Waals surface area (Å²) in [6, 6.07) is 16.4. The second-order valence-corrected chi connectivity index (χ2v) is 8.37. The Kier molecular flexibility index (Phi) is 5.86. The van der Waals surface area contributed by atoms with Gasteiger partial charge in [0.1, 0.15) is 11.3 Å². The molecule has 7 nitrogen and oxygen atoms in total.